The number of carbonyl (C=O) groups is 2. The third kappa shape index (κ3) is 5.34. The summed E-state index contributed by atoms with van der Waals surface area (Å²) < 4.78 is 16.6. The summed E-state index contributed by atoms with van der Waals surface area (Å²) in [6, 6.07) is 7.36. The van der Waals surface area contributed by atoms with Gasteiger partial charge in [0.05, 0.1) is 19.8 Å². The highest BCUT2D eigenvalue weighted by atomic mass is 16.6. The second-order valence-corrected chi connectivity index (χ2v) is 6.27. The molecular formula is C18H25N3O5. The number of nitrogens with zero attached hydrogens (tertiary/aromatic N) is 1. The van der Waals surface area contributed by atoms with E-state index in [1.807, 2.05) is 24.3 Å². The van der Waals surface area contributed by atoms with Gasteiger partial charge in [0, 0.05) is 19.6 Å². The first-order valence-electron chi connectivity index (χ1n) is 8.97. The smallest absolute Gasteiger partial charge is 0.309 e. The lowest BCUT2D eigenvalue weighted by molar-refractivity contribution is -0.139. The molecule has 1 saturated heterocycles. The second-order valence-electron chi connectivity index (χ2n) is 6.27. The lowest BCUT2D eigenvalue weighted by Gasteiger charge is -2.26. The fourth-order valence-electron chi connectivity index (χ4n) is 2.86. The molecule has 2 aliphatic rings. The number of rotatable bonds is 6. The van der Waals surface area contributed by atoms with Gasteiger partial charge in [-0.05, 0) is 25.1 Å². The summed E-state index contributed by atoms with van der Waals surface area (Å²) in [7, 11) is 0. The number of morpholine rings is 1. The van der Waals surface area contributed by atoms with Crippen LogP contribution in [0.4, 0.5) is 0 Å². The standard InChI is InChI=1S/C18H25N3O5/c22-17(19-6-3-7-21-8-10-24-11-9-21)18(23)20-12-14-13-25-15-4-1-2-5-16(15)26-14/h1-2,4-5,14H,3,6-13H2,(H,19,22)(H,20,23)/t14-/m0/s1. The topological polar surface area (TPSA) is 89.1 Å². The van der Waals surface area contributed by atoms with Gasteiger partial charge in [0.2, 0.25) is 0 Å². The molecule has 2 N–H and O–H groups in total. The van der Waals surface area contributed by atoms with E-state index in [-0.39, 0.29) is 12.6 Å². The quantitative estimate of drug-likeness (QED) is 0.537. The Labute approximate surface area is 152 Å². The fourth-order valence-corrected chi connectivity index (χ4v) is 2.86. The molecule has 3 rings (SSSR count). The molecule has 1 fully saturated rings. The number of para-hydroxylation sites is 2. The largest absolute Gasteiger partial charge is 0.486 e. The molecule has 0 aliphatic carbocycles. The molecule has 8 nitrogen and oxygen atoms in total. The monoisotopic (exact) mass is 363 g/mol. The van der Waals surface area contributed by atoms with Crippen molar-refractivity contribution >= 4 is 11.8 Å². The van der Waals surface area contributed by atoms with Crippen LogP contribution in [-0.4, -0.2) is 75.4 Å². The molecule has 2 aliphatic heterocycles. The van der Waals surface area contributed by atoms with Crippen LogP contribution < -0.4 is 20.1 Å². The molecule has 26 heavy (non-hydrogen) atoms. The van der Waals surface area contributed by atoms with Crippen molar-refractivity contribution in [2.75, 3.05) is 52.5 Å². The highest BCUT2D eigenvalue weighted by molar-refractivity contribution is 6.35. The van der Waals surface area contributed by atoms with E-state index in [1.54, 1.807) is 0 Å². The fraction of sp³-hybridized carbons (Fsp3) is 0.556. The maximum Gasteiger partial charge on any atom is 0.309 e. The molecular weight excluding hydrogens is 338 g/mol. The molecule has 1 aromatic rings. The van der Waals surface area contributed by atoms with E-state index in [9.17, 15) is 9.59 Å². The summed E-state index contributed by atoms with van der Waals surface area (Å²) in [5.74, 6) is 0.0570. The first-order chi connectivity index (χ1) is 12.7. The van der Waals surface area contributed by atoms with E-state index in [0.717, 1.165) is 39.3 Å². The predicted octanol–water partition coefficient (Wildman–Crippen LogP) is -0.219. The van der Waals surface area contributed by atoms with Crippen molar-refractivity contribution in [3.05, 3.63) is 24.3 Å². The van der Waals surface area contributed by atoms with Crippen LogP contribution >= 0.6 is 0 Å². The Kier molecular flexibility index (Phi) is 6.68. The highest BCUT2D eigenvalue weighted by Crippen LogP contribution is 2.30. The van der Waals surface area contributed by atoms with Gasteiger partial charge in [-0.15, -0.1) is 0 Å². The Morgan fingerprint density at radius 1 is 1.08 bits per heavy atom. The van der Waals surface area contributed by atoms with Gasteiger partial charge >= 0.3 is 11.8 Å². The van der Waals surface area contributed by atoms with Crippen molar-refractivity contribution in [2.45, 2.75) is 12.5 Å². The Bertz CT molecular complexity index is 619. The summed E-state index contributed by atoms with van der Waals surface area (Å²) >= 11 is 0. The van der Waals surface area contributed by atoms with Crippen LogP contribution in [0.3, 0.4) is 0 Å². The number of ether oxygens (including phenoxy) is 3. The zero-order valence-corrected chi connectivity index (χ0v) is 14.7. The molecule has 0 bridgehead atoms. The molecule has 1 aromatic carbocycles. The van der Waals surface area contributed by atoms with Crippen LogP contribution in [0, 0.1) is 0 Å². The molecule has 0 spiro atoms. The second kappa shape index (κ2) is 9.40. The molecule has 2 heterocycles. The minimum Gasteiger partial charge on any atom is -0.486 e. The number of nitrogens with one attached hydrogen (secondary N) is 2. The normalized spacial score (nSPS) is 19.6. The third-order valence-corrected chi connectivity index (χ3v) is 4.30. The van der Waals surface area contributed by atoms with Gasteiger partial charge < -0.3 is 24.8 Å². The predicted molar refractivity (Wildman–Crippen MR) is 94.2 cm³/mol. The van der Waals surface area contributed by atoms with Gasteiger partial charge in [-0.25, -0.2) is 0 Å². The van der Waals surface area contributed by atoms with Crippen LogP contribution in [0.2, 0.25) is 0 Å². The number of hydrogen-bond acceptors (Lipinski definition) is 6. The molecule has 0 saturated carbocycles. The molecule has 142 valence electrons. The van der Waals surface area contributed by atoms with Gasteiger partial charge in [0.15, 0.2) is 11.5 Å². The van der Waals surface area contributed by atoms with Crippen molar-refractivity contribution in [3.8, 4) is 11.5 Å². The average Bonchev–Trinajstić information content (AvgIpc) is 2.70. The lowest BCUT2D eigenvalue weighted by Crippen LogP contribution is -2.46. The summed E-state index contributed by atoms with van der Waals surface area (Å²) in [6.07, 6.45) is 0.484. The summed E-state index contributed by atoms with van der Waals surface area (Å²) in [5.41, 5.74) is 0. The number of carbonyl (C=O) groups excluding carboxylic acids is 2. The SMILES string of the molecule is O=C(NCCCN1CCOCC1)C(=O)NC[C@H]1COc2ccccc2O1. The zero-order chi connectivity index (χ0) is 18.2. The van der Waals surface area contributed by atoms with Crippen LogP contribution in [0.15, 0.2) is 24.3 Å². The number of amides is 2. The zero-order valence-electron chi connectivity index (χ0n) is 14.7. The summed E-state index contributed by atoms with van der Waals surface area (Å²) in [5, 5.41) is 5.23. The Morgan fingerprint density at radius 2 is 1.81 bits per heavy atom. The first-order valence-corrected chi connectivity index (χ1v) is 8.97. The minimum absolute atomic E-state index is 0.217. The van der Waals surface area contributed by atoms with Crippen molar-refractivity contribution in [1.82, 2.24) is 15.5 Å². The molecule has 0 unspecified atom stereocenters. The van der Waals surface area contributed by atoms with Gasteiger partial charge in [0.1, 0.15) is 12.7 Å². The maximum atomic E-state index is 11.9. The summed E-state index contributed by atoms with van der Waals surface area (Å²) in [6.45, 7) is 5.26. The van der Waals surface area contributed by atoms with Crippen LogP contribution in [0.1, 0.15) is 6.42 Å². The number of fused-ring (bicyclic) bond motifs is 1. The maximum absolute atomic E-state index is 11.9. The lowest BCUT2D eigenvalue weighted by atomic mass is 10.2. The van der Waals surface area contributed by atoms with Gasteiger partial charge in [-0.1, -0.05) is 12.1 Å². The molecule has 0 aromatic heterocycles. The number of hydrogen-bond donors (Lipinski definition) is 2. The average molecular weight is 363 g/mol. The Hall–Kier alpha value is -2.32. The third-order valence-electron chi connectivity index (χ3n) is 4.30. The van der Waals surface area contributed by atoms with Crippen molar-refractivity contribution < 1.29 is 23.8 Å². The van der Waals surface area contributed by atoms with E-state index >= 15 is 0 Å². The molecule has 8 heteroatoms. The van der Waals surface area contributed by atoms with Crippen molar-refractivity contribution in [1.29, 1.82) is 0 Å². The number of benzene rings is 1. The van der Waals surface area contributed by atoms with E-state index in [0.29, 0.717) is 24.7 Å². The van der Waals surface area contributed by atoms with Gasteiger partial charge in [0.25, 0.3) is 0 Å². The van der Waals surface area contributed by atoms with E-state index < -0.39 is 11.8 Å². The highest BCUT2D eigenvalue weighted by Gasteiger charge is 2.22. The van der Waals surface area contributed by atoms with Crippen LogP contribution in [-0.2, 0) is 14.3 Å². The van der Waals surface area contributed by atoms with Gasteiger partial charge in [-0.2, -0.15) is 0 Å². The van der Waals surface area contributed by atoms with Crippen LogP contribution in [0.25, 0.3) is 0 Å². The molecule has 1 atom stereocenters. The van der Waals surface area contributed by atoms with Crippen molar-refractivity contribution in [3.63, 3.8) is 0 Å². The molecule has 0 radical (unpaired) electrons. The molecule has 2 amide bonds. The van der Waals surface area contributed by atoms with E-state index in [2.05, 4.69) is 15.5 Å². The Morgan fingerprint density at radius 3 is 2.62 bits per heavy atom. The van der Waals surface area contributed by atoms with E-state index in [1.165, 1.54) is 0 Å². The minimum atomic E-state index is -0.654. The van der Waals surface area contributed by atoms with Crippen molar-refractivity contribution in [2.24, 2.45) is 0 Å². The first kappa shape index (κ1) is 18.5. The summed E-state index contributed by atoms with van der Waals surface area (Å²) in [4.78, 5) is 26.0. The van der Waals surface area contributed by atoms with E-state index in [4.69, 9.17) is 14.2 Å². The van der Waals surface area contributed by atoms with Crippen LogP contribution in [0.5, 0.6) is 11.5 Å². The Balaban J connectivity index is 1.30. The van der Waals surface area contributed by atoms with Gasteiger partial charge in [-0.3, -0.25) is 14.5 Å².